The lowest BCUT2D eigenvalue weighted by atomic mass is 10.0. The second kappa shape index (κ2) is 5.78. The molecule has 2 heteroatoms. The van der Waals surface area contributed by atoms with Crippen molar-refractivity contribution in [3.63, 3.8) is 0 Å². The van der Waals surface area contributed by atoms with E-state index < -0.39 is 0 Å². The molecular weight excluding hydrogens is 121 g/mol. The molecule has 0 fully saturated rings. The van der Waals surface area contributed by atoms with Gasteiger partial charge in [0.2, 0.25) is 0 Å². The van der Waals surface area contributed by atoms with Gasteiger partial charge in [-0.25, -0.2) is 0 Å². The molecule has 0 rings (SSSR count). The van der Waals surface area contributed by atoms with Crippen LogP contribution in [0.3, 0.4) is 0 Å². The van der Waals surface area contributed by atoms with Crippen LogP contribution >= 0.6 is 0 Å². The molecule has 0 saturated carbocycles. The van der Waals surface area contributed by atoms with Crippen molar-refractivity contribution in [1.29, 1.82) is 0 Å². The predicted octanol–water partition coefficient (Wildman–Crippen LogP) is 1.69. The molecule has 0 N–H and O–H groups in total. The third-order valence-corrected chi connectivity index (χ3v) is 1.66. The summed E-state index contributed by atoms with van der Waals surface area (Å²) in [6, 6.07) is 0.642. The van der Waals surface area contributed by atoms with E-state index in [1.165, 1.54) is 13.0 Å². The Morgan fingerprint density at radius 2 is 1.90 bits per heavy atom. The topological polar surface area (TPSA) is 3.24 Å². The van der Waals surface area contributed by atoms with Crippen LogP contribution in [0.15, 0.2) is 0 Å². The summed E-state index contributed by atoms with van der Waals surface area (Å²) in [5.41, 5.74) is 0. The van der Waals surface area contributed by atoms with Crippen molar-refractivity contribution in [1.82, 2.24) is 4.90 Å². The van der Waals surface area contributed by atoms with Gasteiger partial charge in [-0.3, -0.25) is 0 Å². The second-order valence-corrected chi connectivity index (χ2v) is 2.92. The van der Waals surface area contributed by atoms with Gasteiger partial charge in [-0.15, -0.1) is 0 Å². The zero-order valence-corrected chi connectivity index (χ0v) is 7.43. The number of hydrogen-bond donors (Lipinski definition) is 0. The molecule has 0 spiro atoms. The molecule has 0 aliphatic heterocycles. The minimum atomic E-state index is 0.642. The molecule has 0 saturated heterocycles. The summed E-state index contributed by atoms with van der Waals surface area (Å²) in [6.45, 7) is 8.84. The van der Waals surface area contributed by atoms with Gasteiger partial charge in [0.05, 0.1) is 7.85 Å². The van der Waals surface area contributed by atoms with Crippen LogP contribution in [0.1, 0.15) is 27.2 Å². The maximum absolute atomic E-state index is 5.46. The number of nitrogens with zero attached hydrogens (tertiary/aromatic N) is 1. The van der Waals surface area contributed by atoms with E-state index in [1.54, 1.807) is 0 Å². The van der Waals surface area contributed by atoms with Gasteiger partial charge in [0.15, 0.2) is 0 Å². The molecule has 10 heavy (non-hydrogen) atoms. The molecule has 0 aromatic heterocycles. The van der Waals surface area contributed by atoms with Gasteiger partial charge >= 0.3 is 0 Å². The average molecular weight is 139 g/mol. The largest absolute Gasteiger partial charge is 0.302 e. The lowest BCUT2D eigenvalue weighted by Crippen LogP contribution is -2.32. The summed E-state index contributed by atoms with van der Waals surface area (Å²) < 4.78 is 0. The van der Waals surface area contributed by atoms with Crippen LogP contribution in [0.2, 0.25) is 6.32 Å². The lowest BCUT2D eigenvalue weighted by molar-refractivity contribution is 0.234. The molecular formula is C8H18BN. The standard InChI is InChI=1S/C8H18BN/c1-4-6-10(7-5-9)8(2)3/h8H,4-7H2,1-3H3. The highest BCUT2D eigenvalue weighted by atomic mass is 15.1. The van der Waals surface area contributed by atoms with Crippen molar-refractivity contribution in [3.8, 4) is 0 Å². The van der Waals surface area contributed by atoms with Crippen molar-refractivity contribution in [2.45, 2.75) is 39.6 Å². The summed E-state index contributed by atoms with van der Waals surface area (Å²) in [4.78, 5) is 2.40. The highest BCUT2D eigenvalue weighted by Gasteiger charge is 2.04. The maximum atomic E-state index is 5.46. The van der Waals surface area contributed by atoms with Crippen molar-refractivity contribution in [2.24, 2.45) is 0 Å². The quantitative estimate of drug-likeness (QED) is 0.524. The summed E-state index contributed by atoms with van der Waals surface area (Å²) in [5.74, 6) is 0. The summed E-state index contributed by atoms with van der Waals surface area (Å²) in [5, 5.41) is 0. The Kier molecular flexibility index (Phi) is 5.80. The number of hydrogen-bond acceptors (Lipinski definition) is 1. The minimum Gasteiger partial charge on any atom is -0.302 e. The van der Waals surface area contributed by atoms with Crippen LogP contribution in [-0.2, 0) is 0 Å². The van der Waals surface area contributed by atoms with Crippen LogP contribution in [0.4, 0.5) is 0 Å². The first kappa shape index (κ1) is 10.0. The van der Waals surface area contributed by atoms with Crippen LogP contribution < -0.4 is 0 Å². The fraction of sp³-hybridized carbons (Fsp3) is 1.00. The smallest absolute Gasteiger partial charge is 0.0670 e. The van der Waals surface area contributed by atoms with E-state index in [0.717, 1.165) is 12.9 Å². The van der Waals surface area contributed by atoms with E-state index >= 15 is 0 Å². The van der Waals surface area contributed by atoms with E-state index in [9.17, 15) is 0 Å². The van der Waals surface area contributed by atoms with Gasteiger partial charge in [0.25, 0.3) is 0 Å². The monoisotopic (exact) mass is 139 g/mol. The SMILES string of the molecule is [B]CCN(CCC)C(C)C. The van der Waals surface area contributed by atoms with Crippen molar-refractivity contribution < 1.29 is 0 Å². The van der Waals surface area contributed by atoms with Gasteiger partial charge in [-0.05, 0) is 33.4 Å². The van der Waals surface area contributed by atoms with Crippen LogP contribution in [0.25, 0.3) is 0 Å². The number of rotatable bonds is 5. The zero-order chi connectivity index (χ0) is 7.98. The highest BCUT2D eigenvalue weighted by molar-refractivity contribution is 6.08. The Bertz CT molecular complexity index is 67.7. The van der Waals surface area contributed by atoms with E-state index in [2.05, 4.69) is 25.7 Å². The molecule has 0 unspecified atom stereocenters. The lowest BCUT2D eigenvalue weighted by Gasteiger charge is -2.25. The second-order valence-electron chi connectivity index (χ2n) is 2.92. The van der Waals surface area contributed by atoms with E-state index in [-0.39, 0.29) is 0 Å². The molecule has 2 radical (unpaired) electrons. The Labute approximate surface area is 66.2 Å². The zero-order valence-electron chi connectivity index (χ0n) is 7.43. The predicted molar refractivity (Wildman–Crippen MR) is 47.6 cm³/mol. The van der Waals surface area contributed by atoms with Gasteiger partial charge < -0.3 is 4.90 Å². The average Bonchev–Trinajstić information content (AvgIpc) is 1.87. The first-order valence-corrected chi connectivity index (χ1v) is 4.16. The fourth-order valence-electron chi connectivity index (χ4n) is 1.08. The first-order chi connectivity index (χ1) is 4.72. The fourth-order valence-corrected chi connectivity index (χ4v) is 1.08. The third kappa shape index (κ3) is 3.94. The molecule has 0 aromatic rings. The van der Waals surface area contributed by atoms with E-state index in [4.69, 9.17) is 7.85 Å². The van der Waals surface area contributed by atoms with Crippen LogP contribution in [-0.4, -0.2) is 31.9 Å². The van der Waals surface area contributed by atoms with Crippen molar-refractivity contribution in [3.05, 3.63) is 0 Å². The van der Waals surface area contributed by atoms with E-state index in [1.807, 2.05) is 0 Å². The first-order valence-electron chi connectivity index (χ1n) is 4.16. The summed E-state index contributed by atoms with van der Waals surface area (Å²) in [6.07, 6.45) is 2.00. The van der Waals surface area contributed by atoms with Crippen LogP contribution in [0.5, 0.6) is 0 Å². The highest BCUT2D eigenvalue weighted by Crippen LogP contribution is 1.99. The van der Waals surface area contributed by atoms with Gasteiger partial charge in [-0.2, -0.15) is 0 Å². The normalized spacial score (nSPS) is 11.3. The van der Waals surface area contributed by atoms with Crippen LogP contribution in [0, 0.1) is 0 Å². The molecule has 0 heterocycles. The maximum Gasteiger partial charge on any atom is 0.0670 e. The molecule has 58 valence electrons. The Balaban J connectivity index is 3.50. The van der Waals surface area contributed by atoms with Gasteiger partial charge in [-0.1, -0.05) is 13.2 Å². The van der Waals surface area contributed by atoms with Gasteiger partial charge in [0, 0.05) is 6.04 Å². The van der Waals surface area contributed by atoms with Crippen molar-refractivity contribution in [2.75, 3.05) is 13.1 Å². The molecule has 1 nitrogen and oxygen atoms in total. The third-order valence-electron chi connectivity index (χ3n) is 1.66. The molecule has 0 aliphatic carbocycles. The Morgan fingerprint density at radius 3 is 2.20 bits per heavy atom. The minimum absolute atomic E-state index is 0.642. The molecule has 0 aromatic carbocycles. The molecule has 0 aliphatic rings. The van der Waals surface area contributed by atoms with Gasteiger partial charge in [0.1, 0.15) is 0 Å². The molecule has 0 atom stereocenters. The van der Waals surface area contributed by atoms with E-state index in [0.29, 0.717) is 6.04 Å². The Morgan fingerprint density at radius 1 is 1.30 bits per heavy atom. The molecule has 0 amide bonds. The molecule has 0 bridgehead atoms. The van der Waals surface area contributed by atoms with Crippen molar-refractivity contribution >= 4 is 7.85 Å². The summed E-state index contributed by atoms with van der Waals surface area (Å²) >= 11 is 0. The summed E-state index contributed by atoms with van der Waals surface area (Å²) in [7, 11) is 5.46. The Hall–Kier alpha value is 0.0249.